The molecule has 1 aliphatic heterocycles. The summed E-state index contributed by atoms with van der Waals surface area (Å²) < 4.78 is 22.5. The van der Waals surface area contributed by atoms with Crippen molar-refractivity contribution in [2.45, 2.75) is 240 Å². The number of carbonyl (C=O) groups excluding carboxylic acids is 3. The molecule has 1 saturated heterocycles. The van der Waals surface area contributed by atoms with E-state index in [9.17, 15) is 14.4 Å². The zero-order chi connectivity index (χ0) is 42.9. The minimum Gasteiger partial charge on any atom is -0.466 e. The lowest BCUT2D eigenvalue weighted by atomic mass is 9.93. The number of ether oxygens (including phenoxy) is 4. The second-order valence-electron chi connectivity index (χ2n) is 18.0. The van der Waals surface area contributed by atoms with Gasteiger partial charge in [0, 0.05) is 32.5 Å². The van der Waals surface area contributed by atoms with Crippen LogP contribution in [0, 0.1) is 17.8 Å². The molecular weight excluding hydrogens is 739 g/mol. The highest BCUT2D eigenvalue weighted by atomic mass is 16.5. The van der Waals surface area contributed by atoms with Gasteiger partial charge >= 0.3 is 17.9 Å². The van der Waals surface area contributed by atoms with Crippen LogP contribution in [-0.2, 0) is 33.3 Å². The van der Waals surface area contributed by atoms with E-state index in [0.29, 0.717) is 44.5 Å². The molecule has 1 rings (SSSR count). The highest BCUT2D eigenvalue weighted by Gasteiger charge is 2.20. The lowest BCUT2D eigenvalue weighted by molar-refractivity contribution is -0.149. The lowest BCUT2D eigenvalue weighted by Crippen LogP contribution is -2.37. The van der Waals surface area contributed by atoms with Crippen LogP contribution in [0.3, 0.4) is 0 Å². The Morgan fingerprint density at radius 2 is 0.831 bits per heavy atom. The third kappa shape index (κ3) is 34.6. The van der Waals surface area contributed by atoms with E-state index in [1.54, 1.807) is 0 Å². The van der Waals surface area contributed by atoms with E-state index < -0.39 is 0 Å². The van der Waals surface area contributed by atoms with Crippen LogP contribution >= 0.6 is 0 Å². The smallest absolute Gasteiger partial charge is 0.308 e. The molecule has 0 spiro atoms. The van der Waals surface area contributed by atoms with Gasteiger partial charge in [0.25, 0.3) is 0 Å². The summed E-state index contributed by atoms with van der Waals surface area (Å²) in [4.78, 5) is 40.2. The molecule has 0 aromatic heterocycles. The molecule has 0 aliphatic carbocycles. The zero-order valence-corrected chi connectivity index (χ0v) is 39.5. The molecule has 0 aromatic carbocycles. The molecule has 1 aliphatic rings. The average molecular weight is 836 g/mol. The Balaban J connectivity index is 2.24. The second-order valence-corrected chi connectivity index (χ2v) is 18.0. The van der Waals surface area contributed by atoms with Gasteiger partial charge in [-0.05, 0) is 56.8 Å². The van der Waals surface area contributed by atoms with Gasteiger partial charge < -0.3 is 18.9 Å². The Kier molecular flexibility index (Phi) is 39.1. The molecule has 8 heteroatoms. The predicted octanol–water partition coefficient (Wildman–Crippen LogP) is 13.7. The number of nitrogens with zero attached hydrogens (tertiary/aromatic N) is 1. The van der Waals surface area contributed by atoms with Gasteiger partial charge in [-0.25, -0.2) is 0 Å². The summed E-state index contributed by atoms with van der Waals surface area (Å²) in [6.07, 6.45) is 36.3. The van der Waals surface area contributed by atoms with Gasteiger partial charge in [0.1, 0.15) is 0 Å². The van der Waals surface area contributed by atoms with Crippen molar-refractivity contribution >= 4 is 17.9 Å². The van der Waals surface area contributed by atoms with Crippen molar-refractivity contribution in [3.8, 4) is 0 Å². The van der Waals surface area contributed by atoms with Crippen molar-refractivity contribution in [3.05, 3.63) is 0 Å². The summed E-state index contributed by atoms with van der Waals surface area (Å²) in [7, 11) is 0. The standard InChI is InChI=1S/C51H97NO7/c1-5-9-28-46(29-10-6-2)36-42-57-49(53)34-25-21-17-13-15-19-23-32-48(51(55)59-41-27-38-52-39-44-56-45-40-52)33-24-20-16-14-18-22-26-35-50(54)58-43-37-47(30-11-7-3)31-12-8-4/h46-48H,5-45H2,1-4H3. The van der Waals surface area contributed by atoms with E-state index in [1.165, 1.54) is 103 Å². The molecule has 0 amide bonds. The van der Waals surface area contributed by atoms with Crippen LogP contribution in [-0.4, -0.2) is 75.5 Å². The topological polar surface area (TPSA) is 91.4 Å². The average Bonchev–Trinajstić information content (AvgIpc) is 3.24. The molecule has 8 nitrogen and oxygen atoms in total. The van der Waals surface area contributed by atoms with Crippen molar-refractivity contribution in [2.24, 2.45) is 17.8 Å². The molecule has 348 valence electrons. The van der Waals surface area contributed by atoms with Gasteiger partial charge in [0.2, 0.25) is 0 Å². The van der Waals surface area contributed by atoms with E-state index in [-0.39, 0.29) is 23.8 Å². The molecule has 59 heavy (non-hydrogen) atoms. The van der Waals surface area contributed by atoms with Crippen LogP contribution in [0.5, 0.6) is 0 Å². The molecular formula is C51H97NO7. The van der Waals surface area contributed by atoms with Crippen molar-refractivity contribution in [2.75, 3.05) is 52.7 Å². The fraction of sp³-hybridized carbons (Fsp3) is 0.941. The van der Waals surface area contributed by atoms with Crippen LogP contribution in [0.25, 0.3) is 0 Å². The number of hydrogen-bond acceptors (Lipinski definition) is 8. The van der Waals surface area contributed by atoms with E-state index in [2.05, 4.69) is 32.6 Å². The number of rotatable bonds is 43. The van der Waals surface area contributed by atoms with Gasteiger partial charge in [0.15, 0.2) is 0 Å². The maximum atomic E-state index is 13.2. The summed E-state index contributed by atoms with van der Waals surface area (Å²) in [5, 5.41) is 0. The van der Waals surface area contributed by atoms with Gasteiger partial charge in [-0.3, -0.25) is 19.3 Å². The van der Waals surface area contributed by atoms with Crippen LogP contribution in [0.1, 0.15) is 240 Å². The minimum absolute atomic E-state index is 0.000582. The van der Waals surface area contributed by atoms with Crippen LogP contribution < -0.4 is 0 Å². The summed E-state index contributed by atoms with van der Waals surface area (Å²) in [5.41, 5.74) is 0. The molecule has 0 unspecified atom stereocenters. The summed E-state index contributed by atoms with van der Waals surface area (Å²) >= 11 is 0. The third-order valence-electron chi connectivity index (χ3n) is 12.6. The number of carbonyl (C=O) groups is 3. The Labute approximate surface area is 365 Å². The van der Waals surface area contributed by atoms with Gasteiger partial charge in [-0.2, -0.15) is 0 Å². The van der Waals surface area contributed by atoms with Crippen LogP contribution in [0.15, 0.2) is 0 Å². The van der Waals surface area contributed by atoms with E-state index >= 15 is 0 Å². The van der Waals surface area contributed by atoms with Crippen molar-refractivity contribution < 1.29 is 33.3 Å². The van der Waals surface area contributed by atoms with Gasteiger partial charge in [0.05, 0.1) is 39.0 Å². The SMILES string of the molecule is CCCCC(CCCC)CCOC(=O)CCCCCCCCCC(CCCCCCCCCC(=O)OCCC(CCCC)CCCC)C(=O)OCCCN1CCOCC1. The second kappa shape index (κ2) is 41.7. The third-order valence-corrected chi connectivity index (χ3v) is 12.6. The highest BCUT2D eigenvalue weighted by Crippen LogP contribution is 2.23. The number of esters is 3. The van der Waals surface area contributed by atoms with Crippen LogP contribution in [0.4, 0.5) is 0 Å². The van der Waals surface area contributed by atoms with Crippen molar-refractivity contribution in [3.63, 3.8) is 0 Å². The first-order chi connectivity index (χ1) is 28.9. The summed E-state index contributed by atoms with van der Waals surface area (Å²) in [6, 6.07) is 0. The van der Waals surface area contributed by atoms with Gasteiger partial charge in [-0.15, -0.1) is 0 Å². The van der Waals surface area contributed by atoms with Crippen molar-refractivity contribution in [1.82, 2.24) is 4.90 Å². The highest BCUT2D eigenvalue weighted by molar-refractivity contribution is 5.72. The monoisotopic (exact) mass is 836 g/mol. The molecule has 1 heterocycles. The molecule has 1 fully saturated rings. The number of morpholine rings is 1. The largest absolute Gasteiger partial charge is 0.466 e. The minimum atomic E-state index is -0.0260. The maximum Gasteiger partial charge on any atom is 0.308 e. The number of unbranched alkanes of at least 4 members (excludes halogenated alkanes) is 16. The Bertz CT molecular complexity index is 882. The Morgan fingerprint density at radius 3 is 1.24 bits per heavy atom. The van der Waals surface area contributed by atoms with Gasteiger partial charge in [-0.1, -0.05) is 182 Å². The molecule has 0 N–H and O–H groups in total. The molecule has 0 aromatic rings. The molecule has 0 radical (unpaired) electrons. The van der Waals surface area contributed by atoms with Crippen molar-refractivity contribution in [1.29, 1.82) is 0 Å². The van der Waals surface area contributed by atoms with E-state index in [0.717, 1.165) is 129 Å². The molecule has 0 atom stereocenters. The Morgan fingerprint density at radius 1 is 0.441 bits per heavy atom. The first-order valence-corrected chi connectivity index (χ1v) is 25.7. The van der Waals surface area contributed by atoms with E-state index in [1.807, 2.05) is 0 Å². The predicted molar refractivity (Wildman–Crippen MR) is 246 cm³/mol. The van der Waals surface area contributed by atoms with E-state index in [4.69, 9.17) is 18.9 Å². The fourth-order valence-electron chi connectivity index (χ4n) is 8.53. The zero-order valence-electron chi connectivity index (χ0n) is 39.5. The summed E-state index contributed by atoms with van der Waals surface area (Å²) in [5.74, 6) is 1.34. The first-order valence-electron chi connectivity index (χ1n) is 25.7. The lowest BCUT2D eigenvalue weighted by Gasteiger charge is -2.26. The quantitative estimate of drug-likeness (QED) is 0.0341. The number of hydrogen-bond donors (Lipinski definition) is 0. The first kappa shape index (κ1) is 55.3. The fourth-order valence-corrected chi connectivity index (χ4v) is 8.53. The Hall–Kier alpha value is -1.67. The summed E-state index contributed by atoms with van der Waals surface area (Å²) in [6.45, 7) is 15.1. The van der Waals surface area contributed by atoms with Crippen LogP contribution in [0.2, 0.25) is 0 Å². The molecule has 0 bridgehead atoms. The maximum absolute atomic E-state index is 13.2. The molecule has 0 saturated carbocycles. The normalized spacial score (nSPS) is 13.5.